The van der Waals surface area contributed by atoms with Crippen molar-refractivity contribution >= 4 is 49.8 Å². The van der Waals surface area contributed by atoms with E-state index in [2.05, 4.69) is 43.2 Å². The number of halogens is 3. The standard InChI is InChI=1S/C21H26F3N3O4S3/c22-20(23,24)15-7-14(31-21(32,33)34)4-3-13(15)2-1-12-8-27(9-12)19(29)26-6-5-17-16(10-26)25-18(28)11-30-17/h3-4,7,12,16-17,32-34H,1-2,5-6,8-11H2,(H,25,28)/t16-,17+/m1/s1. The van der Waals surface area contributed by atoms with Crippen molar-refractivity contribution in [3.63, 3.8) is 0 Å². The van der Waals surface area contributed by atoms with Crippen LogP contribution >= 0.6 is 37.9 Å². The third-order valence-corrected chi connectivity index (χ3v) is 6.56. The van der Waals surface area contributed by atoms with Crippen molar-refractivity contribution in [2.24, 2.45) is 5.92 Å². The molecule has 1 aromatic rings. The minimum absolute atomic E-state index is 0.0279. The fourth-order valence-corrected chi connectivity index (χ4v) is 4.92. The smallest absolute Gasteiger partial charge is 0.416 e. The number of likely N-dealkylation sites (tertiary alicyclic amines) is 2. The van der Waals surface area contributed by atoms with Gasteiger partial charge in [-0.2, -0.15) is 13.2 Å². The van der Waals surface area contributed by atoms with Gasteiger partial charge in [0.15, 0.2) is 0 Å². The average Bonchev–Trinajstić information content (AvgIpc) is 2.70. The molecule has 3 aliphatic heterocycles. The van der Waals surface area contributed by atoms with Gasteiger partial charge in [-0.05, 0) is 42.9 Å². The minimum atomic E-state index is -4.53. The van der Waals surface area contributed by atoms with E-state index in [0.29, 0.717) is 39.0 Å². The van der Waals surface area contributed by atoms with E-state index in [1.165, 1.54) is 12.1 Å². The van der Waals surface area contributed by atoms with Gasteiger partial charge in [0.05, 0.1) is 17.7 Å². The minimum Gasteiger partial charge on any atom is -0.459 e. The fraction of sp³-hybridized carbons (Fsp3) is 0.619. The first-order valence-corrected chi connectivity index (χ1v) is 12.2. The topological polar surface area (TPSA) is 71.1 Å². The van der Waals surface area contributed by atoms with Crippen molar-refractivity contribution in [3.05, 3.63) is 29.3 Å². The number of benzene rings is 1. The molecule has 3 aliphatic rings. The molecule has 0 aliphatic carbocycles. The van der Waals surface area contributed by atoms with E-state index < -0.39 is 15.3 Å². The van der Waals surface area contributed by atoms with Crippen LogP contribution in [0, 0.1) is 5.92 Å². The van der Waals surface area contributed by atoms with Crippen LogP contribution in [0.5, 0.6) is 5.75 Å². The first-order valence-electron chi connectivity index (χ1n) is 10.9. The number of carbonyl (C=O) groups is 2. The van der Waals surface area contributed by atoms with Gasteiger partial charge in [0, 0.05) is 26.2 Å². The van der Waals surface area contributed by atoms with Gasteiger partial charge in [0.1, 0.15) is 12.4 Å². The molecule has 1 N–H and O–H groups in total. The molecule has 0 saturated carbocycles. The van der Waals surface area contributed by atoms with Crippen molar-refractivity contribution in [2.45, 2.75) is 41.2 Å². The summed E-state index contributed by atoms with van der Waals surface area (Å²) in [6, 6.07) is 3.45. The molecule has 3 saturated heterocycles. The molecule has 13 heteroatoms. The largest absolute Gasteiger partial charge is 0.459 e. The van der Waals surface area contributed by atoms with E-state index in [4.69, 9.17) is 9.47 Å². The molecule has 0 bridgehead atoms. The third kappa shape index (κ3) is 6.21. The van der Waals surface area contributed by atoms with Gasteiger partial charge in [0.25, 0.3) is 0 Å². The number of thiol groups is 3. The second-order valence-corrected chi connectivity index (χ2v) is 11.8. The van der Waals surface area contributed by atoms with Crippen molar-refractivity contribution in [3.8, 4) is 5.75 Å². The zero-order chi connectivity index (χ0) is 24.7. The Bertz CT molecular complexity index is 938. The molecule has 1 aromatic carbocycles. The molecule has 3 fully saturated rings. The molecule has 0 spiro atoms. The number of nitrogens with zero attached hydrogens (tertiary/aromatic N) is 2. The lowest BCUT2D eigenvalue weighted by molar-refractivity contribution is -0.140. The molecule has 0 aromatic heterocycles. The first kappa shape index (κ1) is 25.6. The Hall–Kier alpha value is -1.44. The Morgan fingerprint density at radius 1 is 1.18 bits per heavy atom. The summed E-state index contributed by atoms with van der Waals surface area (Å²) in [5.41, 5.74) is -0.598. The van der Waals surface area contributed by atoms with Crippen molar-refractivity contribution in [2.75, 3.05) is 32.8 Å². The van der Waals surface area contributed by atoms with E-state index in [0.717, 1.165) is 6.07 Å². The van der Waals surface area contributed by atoms with Crippen molar-refractivity contribution in [1.82, 2.24) is 15.1 Å². The number of fused-ring (bicyclic) bond motifs is 1. The molecule has 3 amide bonds. The van der Waals surface area contributed by atoms with Crippen LogP contribution in [0.25, 0.3) is 0 Å². The van der Waals surface area contributed by atoms with E-state index in [-0.39, 0.29) is 54.3 Å². The van der Waals surface area contributed by atoms with Gasteiger partial charge in [-0.15, -0.1) is 37.9 Å². The second-order valence-electron chi connectivity index (χ2n) is 8.84. The molecule has 34 heavy (non-hydrogen) atoms. The van der Waals surface area contributed by atoms with E-state index in [9.17, 15) is 22.8 Å². The molecule has 0 unspecified atom stereocenters. The summed E-state index contributed by atoms with van der Waals surface area (Å²) in [6.07, 6.45) is -3.20. The van der Waals surface area contributed by atoms with Crippen molar-refractivity contribution < 1.29 is 32.2 Å². The zero-order valence-corrected chi connectivity index (χ0v) is 20.8. The highest BCUT2D eigenvalue weighted by Crippen LogP contribution is 2.38. The maximum absolute atomic E-state index is 13.6. The monoisotopic (exact) mass is 537 g/mol. The van der Waals surface area contributed by atoms with Crippen LogP contribution in [0.2, 0.25) is 0 Å². The van der Waals surface area contributed by atoms with Gasteiger partial charge in [-0.3, -0.25) is 4.79 Å². The summed E-state index contributed by atoms with van der Waals surface area (Å²) in [7, 11) is 0. The Morgan fingerprint density at radius 2 is 1.91 bits per heavy atom. The summed E-state index contributed by atoms with van der Waals surface area (Å²) in [4.78, 5) is 27.8. The lowest BCUT2D eigenvalue weighted by Crippen LogP contribution is -2.64. The molecule has 3 heterocycles. The SMILES string of the molecule is O=C1CO[C@H]2CCN(C(=O)N3CC(CCc4ccc(OC(S)(S)S)cc4C(F)(F)F)C3)C[C@H]2N1. The number of ether oxygens (including phenoxy) is 2. The highest BCUT2D eigenvalue weighted by molar-refractivity contribution is 8.16. The number of piperidine rings is 1. The highest BCUT2D eigenvalue weighted by Gasteiger charge is 2.40. The van der Waals surface area contributed by atoms with Gasteiger partial charge in [-0.25, -0.2) is 4.79 Å². The predicted octanol–water partition coefficient (Wildman–Crippen LogP) is 3.06. The second kappa shape index (κ2) is 9.90. The van der Waals surface area contributed by atoms with Gasteiger partial charge in [0.2, 0.25) is 9.50 Å². The Morgan fingerprint density at radius 3 is 2.59 bits per heavy atom. The quantitative estimate of drug-likeness (QED) is 0.344. The predicted molar refractivity (Wildman–Crippen MR) is 128 cm³/mol. The first-order chi connectivity index (χ1) is 15.9. The molecular weight excluding hydrogens is 511 g/mol. The molecule has 2 atom stereocenters. The average molecular weight is 538 g/mol. The maximum Gasteiger partial charge on any atom is 0.416 e. The highest BCUT2D eigenvalue weighted by atomic mass is 32.2. The van der Waals surface area contributed by atoms with Crippen LogP contribution in [0.4, 0.5) is 18.0 Å². The van der Waals surface area contributed by atoms with Gasteiger partial charge >= 0.3 is 12.2 Å². The van der Waals surface area contributed by atoms with Crippen LogP contribution in [-0.2, 0) is 22.1 Å². The van der Waals surface area contributed by atoms with Crippen LogP contribution in [0.1, 0.15) is 24.0 Å². The van der Waals surface area contributed by atoms with E-state index in [1.807, 2.05) is 0 Å². The van der Waals surface area contributed by atoms with Gasteiger partial charge in [-0.1, -0.05) is 6.07 Å². The number of rotatable bonds is 5. The number of hydrogen-bond acceptors (Lipinski definition) is 7. The van der Waals surface area contributed by atoms with E-state index in [1.54, 1.807) is 9.80 Å². The fourth-order valence-electron chi connectivity index (χ4n) is 4.60. The number of alkyl halides is 3. The number of aryl methyl sites for hydroxylation is 1. The number of nitrogens with one attached hydrogen (secondary N) is 1. The van der Waals surface area contributed by atoms with Crippen molar-refractivity contribution in [1.29, 1.82) is 0 Å². The summed E-state index contributed by atoms with van der Waals surface area (Å²) < 4.78 is 50.0. The Balaban J connectivity index is 1.29. The number of urea groups is 1. The maximum atomic E-state index is 13.6. The molecule has 188 valence electrons. The Labute approximate surface area is 211 Å². The number of carbonyl (C=O) groups excluding carboxylic acids is 2. The Kier molecular flexibility index (Phi) is 7.47. The van der Waals surface area contributed by atoms with Crippen LogP contribution in [0.3, 0.4) is 0 Å². The summed E-state index contributed by atoms with van der Waals surface area (Å²) >= 11 is 11.8. The van der Waals surface area contributed by atoms with Crippen LogP contribution in [0.15, 0.2) is 18.2 Å². The van der Waals surface area contributed by atoms with E-state index >= 15 is 0 Å². The summed E-state index contributed by atoms with van der Waals surface area (Å²) in [6.45, 7) is 1.99. The number of morpholine rings is 1. The molecule has 0 radical (unpaired) electrons. The zero-order valence-electron chi connectivity index (χ0n) is 18.1. The lowest BCUT2D eigenvalue weighted by atomic mass is 9.91. The van der Waals surface area contributed by atoms with Crippen LogP contribution < -0.4 is 10.1 Å². The normalized spacial score (nSPS) is 23.8. The molecular formula is C21H26F3N3O4S3. The number of hydrogen-bond donors (Lipinski definition) is 4. The van der Waals surface area contributed by atoms with Crippen LogP contribution in [-0.4, -0.2) is 70.3 Å². The molecule has 4 rings (SSSR count). The summed E-state index contributed by atoms with van der Waals surface area (Å²) in [5.74, 6) is -0.0884. The summed E-state index contributed by atoms with van der Waals surface area (Å²) in [5, 5.41) is 2.87. The number of amides is 3. The van der Waals surface area contributed by atoms with Gasteiger partial charge < -0.3 is 24.6 Å². The third-order valence-electron chi connectivity index (χ3n) is 6.29. The lowest BCUT2D eigenvalue weighted by Gasteiger charge is -2.46. The molecule has 7 nitrogen and oxygen atoms in total.